The second-order valence-corrected chi connectivity index (χ2v) is 7.81. The van der Waals surface area contributed by atoms with E-state index in [0.717, 1.165) is 11.0 Å². The van der Waals surface area contributed by atoms with Crippen LogP contribution in [0.3, 0.4) is 0 Å². The molecule has 31 heavy (non-hydrogen) atoms. The lowest BCUT2D eigenvalue weighted by Crippen LogP contribution is -2.50. The Morgan fingerprint density at radius 1 is 1.23 bits per heavy atom. The van der Waals surface area contributed by atoms with Crippen LogP contribution in [-0.2, 0) is 31.7 Å². The van der Waals surface area contributed by atoms with Crippen molar-refractivity contribution in [3.05, 3.63) is 34.4 Å². The van der Waals surface area contributed by atoms with E-state index >= 15 is 0 Å². The fourth-order valence-corrected chi connectivity index (χ4v) is 4.40. The molecule has 10 heteroatoms. The molecule has 3 rings (SSSR count). The molecule has 0 saturated carbocycles. The molecule has 1 fully saturated rings. The van der Waals surface area contributed by atoms with E-state index in [1.165, 1.54) is 0 Å². The Morgan fingerprint density at radius 2 is 1.87 bits per heavy atom. The predicted octanol–water partition coefficient (Wildman–Crippen LogP) is 3.01. The van der Waals surface area contributed by atoms with Gasteiger partial charge in [-0.3, -0.25) is 14.5 Å². The van der Waals surface area contributed by atoms with Crippen LogP contribution < -0.4 is 0 Å². The van der Waals surface area contributed by atoms with Gasteiger partial charge in [0.15, 0.2) is 0 Å². The fraction of sp³-hybridized carbons (Fsp3) is 0.524. The van der Waals surface area contributed by atoms with Gasteiger partial charge in [0.1, 0.15) is 6.04 Å². The number of nitrogens with zero attached hydrogens (tertiary/aromatic N) is 1. The molecule has 7 nitrogen and oxygen atoms in total. The monoisotopic (exact) mass is 441 g/mol. The molecule has 0 spiro atoms. The van der Waals surface area contributed by atoms with Gasteiger partial charge in [-0.1, -0.05) is 20.3 Å². The number of hydrogen-bond acceptors (Lipinski definition) is 5. The highest BCUT2D eigenvalue weighted by molar-refractivity contribution is 6.11. The number of fused-ring (bicyclic) bond motifs is 3. The van der Waals surface area contributed by atoms with Crippen molar-refractivity contribution in [1.82, 2.24) is 4.90 Å². The maximum absolute atomic E-state index is 13.3. The normalized spacial score (nSPS) is 22.2. The number of halogens is 3. The number of rotatable bonds is 6. The number of alkyl halides is 3. The molecule has 168 valence electrons. The van der Waals surface area contributed by atoms with Crippen molar-refractivity contribution < 1.29 is 42.2 Å². The third-order valence-electron chi connectivity index (χ3n) is 6.05. The van der Waals surface area contributed by atoms with E-state index < -0.39 is 64.9 Å². The van der Waals surface area contributed by atoms with Gasteiger partial charge in [-0.05, 0) is 42.5 Å². The molecule has 1 aromatic rings. The zero-order valence-electron chi connectivity index (χ0n) is 17.2. The maximum atomic E-state index is 13.3. The van der Waals surface area contributed by atoms with Crippen LogP contribution in [0.4, 0.5) is 13.2 Å². The molecule has 1 aliphatic carbocycles. The van der Waals surface area contributed by atoms with Crippen LogP contribution in [0, 0.1) is 11.8 Å². The van der Waals surface area contributed by atoms with Gasteiger partial charge in [0.2, 0.25) is 11.8 Å². The first-order valence-electron chi connectivity index (χ1n) is 9.94. The molecular formula is C21H22F3NO6. The molecule has 2 unspecified atom stereocenters. The number of carbonyl (C=O) groups excluding carboxylic acids is 3. The van der Waals surface area contributed by atoms with Gasteiger partial charge < -0.3 is 9.84 Å². The molecule has 1 aromatic carbocycles. The van der Waals surface area contributed by atoms with E-state index in [-0.39, 0.29) is 24.2 Å². The number of likely N-dealkylation sites (tertiary alicyclic amines) is 1. The quantitative estimate of drug-likeness (QED) is 0.538. The van der Waals surface area contributed by atoms with Crippen LogP contribution in [0.25, 0.3) is 0 Å². The SMILES string of the molecule is CCOC(=O)C(C(C)CC)N1C(=O)[C@@H]2Cc3c(C(=O)O)cc(C(F)(F)F)cc3[C@@H]2C1=O. The summed E-state index contributed by atoms with van der Waals surface area (Å²) in [5.74, 6) is -6.57. The lowest BCUT2D eigenvalue weighted by atomic mass is 9.93. The molecule has 0 aromatic heterocycles. The number of hydrogen-bond donors (Lipinski definition) is 1. The molecule has 2 amide bonds. The molecule has 1 aliphatic heterocycles. The standard InChI is InChI=1S/C21H22F3NO6/c1-4-9(3)16(20(30)31-5-2)25-17(26)14-8-11-12(15(14)18(25)27)6-10(21(22,23)24)7-13(11)19(28)29/h6-7,9,14-16H,4-5,8H2,1-3H3,(H,28,29)/t9?,14-,15+,16?/m1/s1. The summed E-state index contributed by atoms with van der Waals surface area (Å²) >= 11 is 0. The lowest BCUT2D eigenvalue weighted by molar-refractivity contribution is -0.160. The Kier molecular flexibility index (Phi) is 5.86. The third kappa shape index (κ3) is 3.68. The van der Waals surface area contributed by atoms with E-state index in [0.29, 0.717) is 12.5 Å². The average Bonchev–Trinajstić information content (AvgIpc) is 3.18. The predicted molar refractivity (Wildman–Crippen MR) is 100 cm³/mol. The van der Waals surface area contributed by atoms with Crippen molar-refractivity contribution in [2.45, 2.75) is 51.7 Å². The number of benzene rings is 1. The Labute approximate surface area is 176 Å². The minimum Gasteiger partial charge on any atom is -0.478 e. The number of esters is 1. The number of amides is 2. The van der Waals surface area contributed by atoms with Crippen molar-refractivity contribution in [3.8, 4) is 0 Å². The summed E-state index contributed by atoms with van der Waals surface area (Å²) in [5, 5.41) is 9.40. The van der Waals surface area contributed by atoms with Gasteiger partial charge in [0.05, 0.1) is 29.6 Å². The number of carboxylic acid groups (broad SMARTS) is 1. The van der Waals surface area contributed by atoms with Crippen LogP contribution in [0.5, 0.6) is 0 Å². The number of ether oxygens (including phenoxy) is 1. The average molecular weight is 441 g/mol. The number of carboxylic acids is 1. The van der Waals surface area contributed by atoms with Crippen molar-refractivity contribution >= 4 is 23.8 Å². The van der Waals surface area contributed by atoms with Gasteiger partial charge in [-0.25, -0.2) is 9.59 Å². The van der Waals surface area contributed by atoms with Crippen molar-refractivity contribution in [1.29, 1.82) is 0 Å². The number of imide groups is 1. The van der Waals surface area contributed by atoms with E-state index in [9.17, 15) is 37.5 Å². The summed E-state index contributed by atoms with van der Waals surface area (Å²) in [5.41, 5.74) is -1.85. The molecule has 0 bridgehead atoms. The minimum atomic E-state index is -4.83. The Morgan fingerprint density at radius 3 is 2.39 bits per heavy atom. The highest BCUT2D eigenvalue weighted by Gasteiger charge is 2.57. The zero-order valence-corrected chi connectivity index (χ0v) is 17.2. The third-order valence-corrected chi connectivity index (χ3v) is 6.05. The van der Waals surface area contributed by atoms with Gasteiger partial charge in [-0.15, -0.1) is 0 Å². The molecule has 4 atom stereocenters. The Hall–Kier alpha value is -2.91. The van der Waals surface area contributed by atoms with Gasteiger partial charge >= 0.3 is 18.1 Å². The summed E-state index contributed by atoms with van der Waals surface area (Å²) in [6.07, 6.45) is -4.56. The smallest absolute Gasteiger partial charge is 0.416 e. The maximum Gasteiger partial charge on any atom is 0.416 e. The summed E-state index contributed by atoms with van der Waals surface area (Å²) in [4.78, 5) is 51.3. The van der Waals surface area contributed by atoms with Crippen molar-refractivity contribution in [3.63, 3.8) is 0 Å². The number of carbonyl (C=O) groups is 4. The van der Waals surface area contributed by atoms with Gasteiger partial charge in [-0.2, -0.15) is 13.2 Å². The minimum absolute atomic E-state index is 0.0363. The van der Waals surface area contributed by atoms with Crippen molar-refractivity contribution in [2.24, 2.45) is 11.8 Å². The lowest BCUT2D eigenvalue weighted by Gasteiger charge is -2.29. The second kappa shape index (κ2) is 7.97. The number of aromatic carboxylic acids is 1. The first kappa shape index (κ1) is 22.8. The molecule has 1 saturated heterocycles. The highest BCUT2D eigenvalue weighted by atomic mass is 19.4. The van der Waals surface area contributed by atoms with E-state index in [4.69, 9.17) is 4.74 Å². The largest absolute Gasteiger partial charge is 0.478 e. The first-order chi connectivity index (χ1) is 14.4. The molecule has 1 N–H and O–H groups in total. The summed E-state index contributed by atoms with van der Waals surface area (Å²) in [6, 6.07) is 0.0722. The fourth-order valence-electron chi connectivity index (χ4n) is 4.40. The Balaban J connectivity index is 2.10. The molecular weight excluding hydrogens is 419 g/mol. The first-order valence-corrected chi connectivity index (χ1v) is 9.94. The van der Waals surface area contributed by atoms with Crippen molar-refractivity contribution in [2.75, 3.05) is 6.61 Å². The molecule has 2 aliphatic rings. The second-order valence-electron chi connectivity index (χ2n) is 7.81. The summed E-state index contributed by atoms with van der Waals surface area (Å²) in [6.45, 7) is 5.06. The Bertz CT molecular complexity index is 957. The van der Waals surface area contributed by atoms with Crippen LogP contribution >= 0.6 is 0 Å². The van der Waals surface area contributed by atoms with Gasteiger partial charge in [0, 0.05) is 0 Å². The van der Waals surface area contributed by atoms with Gasteiger partial charge in [0.25, 0.3) is 0 Å². The molecule has 1 heterocycles. The van der Waals surface area contributed by atoms with E-state index in [2.05, 4.69) is 0 Å². The highest BCUT2D eigenvalue weighted by Crippen LogP contribution is 2.48. The zero-order chi connectivity index (χ0) is 23.2. The van der Waals surface area contributed by atoms with E-state index in [1.54, 1.807) is 20.8 Å². The van der Waals surface area contributed by atoms with Crippen LogP contribution in [0.15, 0.2) is 12.1 Å². The molecule has 0 radical (unpaired) electrons. The van der Waals surface area contributed by atoms with Crippen LogP contribution in [0.1, 0.15) is 60.2 Å². The van der Waals surface area contributed by atoms with Crippen LogP contribution in [0.2, 0.25) is 0 Å². The van der Waals surface area contributed by atoms with E-state index in [1.807, 2.05) is 0 Å². The topological polar surface area (TPSA) is 101 Å². The van der Waals surface area contributed by atoms with Crippen LogP contribution in [-0.4, -0.2) is 46.4 Å². The summed E-state index contributed by atoms with van der Waals surface area (Å²) < 4.78 is 45.1. The summed E-state index contributed by atoms with van der Waals surface area (Å²) in [7, 11) is 0.